The normalized spacial score (nSPS) is 21.3. The first kappa shape index (κ1) is 14.2. The minimum Gasteiger partial charge on any atom is -0.392 e. The van der Waals surface area contributed by atoms with E-state index in [1.54, 1.807) is 11.0 Å². The van der Waals surface area contributed by atoms with Crippen LogP contribution in [0.5, 0.6) is 0 Å². The van der Waals surface area contributed by atoms with Crippen molar-refractivity contribution in [2.24, 2.45) is 0 Å². The molecule has 112 valence electrons. The molecule has 1 aromatic heterocycles. The maximum atomic E-state index is 9.92. The van der Waals surface area contributed by atoms with Gasteiger partial charge in [-0.1, -0.05) is 24.6 Å². The predicted octanol–water partition coefficient (Wildman–Crippen LogP) is 2.00. The zero-order valence-electron chi connectivity index (χ0n) is 12.4. The van der Waals surface area contributed by atoms with Gasteiger partial charge in [-0.05, 0) is 38.4 Å². The van der Waals surface area contributed by atoms with E-state index in [4.69, 9.17) is 0 Å². The topological polar surface area (TPSA) is 54.2 Å². The van der Waals surface area contributed by atoms with Gasteiger partial charge in [0.1, 0.15) is 6.33 Å². The predicted molar refractivity (Wildman–Crippen MR) is 81.1 cm³/mol. The van der Waals surface area contributed by atoms with E-state index in [2.05, 4.69) is 15.0 Å². The Hall–Kier alpha value is -1.72. The highest BCUT2D eigenvalue weighted by molar-refractivity contribution is 5.29. The van der Waals surface area contributed by atoms with Crippen molar-refractivity contribution in [1.82, 2.24) is 19.7 Å². The van der Waals surface area contributed by atoms with Crippen LogP contribution in [0.2, 0.25) is 0 Å². The SMILES string of the molecule is CC(O)C1CCCCN1Cc1ncn(-c2ccccc2)n1. The summed E-state index contributed by atoms with van der Waals surface area (Å²) in [4.78, 5) is 6.71. The van der Waals surface area contributed by atoms with Crippen molar-refractivity contribution < 1.29 is 5.11 Å². The highest BCUT2D eigenvalue weighted by Gasteiger charge is 2.27. The largest absolute Gasteiger partial charge is 0.392 e. The monoisotopic (exact) mass is 286 g/mol. The number of hydrogen-bond acceptors (Lipinski definition) is 4. The zero-order valence-corrected chi connectivity index (χ0v) is 12.4. The standard InChI is InChI=1S/C16H22N4O/c1-13(21)15-9-5-6-10-19(15)11-16-17-12-20(18-16)14-7-3-2-4-8-14/h2-4,7-8,12-13,15,21H,5-6,9-11H2,1H3. The van der Waals surface area contributed by atoms with Crippen LogP contribution < -0.4 is 0 Å². The summed E-state index contributed by atoms with van der Waals surface area (Å²) in [6.07, 6.45) is 4.88. The summed E-state index contributed by atoms with van der Waals surface area (Å²) in [7, 11) is 0. The Kier molecular flexibility index (Phi) is 4.31. The van der Waals surface area contributed by atoms with E-state index in [-0.39, 0.29) is 12.1 Å². The van der Waals surface area contributed by atoms with Crippen LogP contribution in [-0.4, -0.2) is 43.5 Å². The molecule has 2 unspecified atom stereocenters. The van der Waals surface area contributed by atoms with E-state index in [1.807, 2.05) is 37.3 Å². The van der Waals surface area contributed by atoms with Crippen LogP contribution in [0.3, 0.4) is 0 Å². The molecule has 1 aromatic carbocycles. The number of hydrogen-bond donors (Lipinski definition) is 1. The Bertz CT molecular complexity index is 567. The molecule has 2 heterocycles. The van der Waals surface area contributed by atoms with Crippen molar-refractivity contribution in [3.05, 3.63) is 42.5 Å². The van der Waals surface area contributed by atoms with Crippen molar-refractivity contribution in [2.75, 3.05) is 6.54 Å². The molecule has 0 spiro atoms. The van der Waals surface area contributed by atoms with Gasteiger partial charge in [0.15, 0.2) is 5.82 Å². The molecular formula is C16H22N4O. The number of aliphatic hydroxyl groups is 1. The van der Waals surface area contributed by atoms with Crippen LogP contribution in [0, 0.1) is 0 Å². The molecule has 0 amide bonds. The number of nitrogens with zero attached hydrogens (tertiary/aromatic N) is 4. The van der Waals surface area contributed by atoms with E-state index in [1.165, 1.54) is 12.8 Å². The number of rotatable bonds is 4. The summed E-state index contributed by atoms with van der Waals surface area (Å²) < 4.78 is 1.80. The van der Waals surface area contributed by atoms with E-state index in [0.717, 1.165) is 24.5 Å². The summed E-state index contributed by atoms with van der Waals surface area (Å²) in [5, 5.41) is 14.5. The molecule has 1 saturated heterocycles. The molecule has 0 bridgehead atoms. The van der Waals surface area contributed by atoms with Gasteiger partial charge in [-0.15, -0.1) is 5.10 Å². The first-order valence-corrected chi connectivity index (χ1v) is 7.62. The fraction of sp³-hybridized carbons (Fsp3) is 0.500. The van der Waals surface area contributed by atoms with E-state index in [0.29, 0.717) is 6.54 Å². The third-order valence-electron chi connectivity index (χ3n) is 4.13. The van der Waals surface area contributed by atoms with E-state index >= 15 is 0 Å². The van der Waals surface area contributed by atoms with Crippen LogP contribution in [0.1, 0.15) is 32.0 Å². The Balaban J connectivity index is 1.72. The molecule has 2 aromatic rings. The average molecular weight is 286 g/mol. The number of piperidine rings is 1. The van der Waals surface area contributed by atoms with E-state index in [9.17, 15) is 5.11 Å². The molecule has 0 saturated carbocycles. The van der Waals surface area contributed by atoms with Crippen molar-refractivity contribution in [1.29, 1.82) is 0 Å². The van der Waals surface area contributed by atoms with Gasteiger partial charge in [0.2, 0.25) is 0 Å². The third-order valence-corrected chi connectivity index (χ3v) is 4.13. The second-order valence-corrected chi connectivity index (χ2v) is 5.72. The molecule has 5 nitrogen and oxygen atoms in total. The Morgan fingerprint density at radius 3 is 2.86 bits per heavy atom. The van der Waals surface area contributed by atoms with Gasteiger partial charge in [-0.2, -0.15) is 0 Å². The lowest BCUT2D eigenvalue weighted by Gasteiger charge is -2.36. The van der Waals surface area contributed by atoms with Gasteiger partial charge in [0.25, 0.3) is 0 Å². The molecule has 3 rings (SSSR count). The lowest BCUT2D eigenvalue weighted by atomic mass is 9.98. The van der Waals surface area contributed by atoms with Crippen molar-refractivity contribution in [3.63, 3.8) is 0 Å². The molecule has 1 aliphatic rings. The Morgan fingerprint density at radius 2 is 2.10 bits per heavy atom. The lowest BCUT2D eigenvalue weighted by molar-refractivity contribution is 0.0302. The smallest absolute Gasteiger partial charge is 0.165 e. The maximum Gasteiger partial charge on any atom is 0.165 e. The molecule has 1 N–H and O–H groups in total. The molecule has 2 atom stereocenters. The van der Waals surface area contributed by atoms with Crippen LogP contribution in [0.4, 0.5) is 0 Å². The molecular weight excluding hydrogens is 264 g/mol. The van der Waals surface area contributed by atoms with Gasteiger partial charge < -0.3 is 5.11 Å². The second-order valence-electron chi connectivity index (χ2n) is 5.72. The quantitative estimate of drug-likeness (QED) is 0.934. The number of para-hydroxylation sites is 1. The van der Waals surface area contributed by atoms with Gasteiger partial charge in [-0.25, -0.2) is 9.67 Å². The molecule has 21 heavy (non-hydrogen) atoms. The Labute approximate surface area is 125 Å². The Morgan fingerprint density at radius 1 is 1.29 bits per heavy atom. The number of aromatic nitrogens is 3. The average Bonchev–Trinajstić information content (AvgIpc) is 2.97. The first-order valence-electron chi connectivity index (χ1n) is 7.62. The van der Waals surface area contributed by atoms with Crippen LogP contribution >= 0.6 is 0 Å². The molecule has 1 fully saturated rings. The number of likely N-dealkylation sites (tertiary alicyclic amines) is 1. The minimum atomic E-state index is -0.304. The number of aliphatic hydroxyl groups excluding tert-OH is 1. The number of benzene rings is 1. The summed E-state index contributed by atoms with van der Waals surface area (Å²) in [5.74, 6) is 0.811. The van der Waals surface area contributed by atoms with Gasteiger partial charge in [0, 0.05) is 6.04 Å². The van der Waals surface area contributed by atoms with Crippen molar-refractivity contribution in [2.45, 2.75) is 44.9 Å². The van der Waals surface area contributed by atoms with Crippen LogP contribution in [0.25, 0.3) is 5.69 Å². The van der Waals surface area contributed by atoms with Gasteiger partial charge >= 0.3 is 0 Å². The fourth-order valence-electron chi connectivity index (χ4n) is 3.02. The highest BCUT2D eigenvalue weighted by Crippen LogP contribution is 2.21. The fourth-order valence-corrected chi connectivity index (χ4v) is 3.02. The molecule has 0 aliphatic carbocycles. The minimum absolute atomic E-state index is 0.224. The van der Waals surface area contributed by atoms with Crippen molar-refractivity contribution >= 4 is 0 Å². The van der Waals surface area contributed by atoms with E-state index < -0.39 is 0 Å². The lowest BCUT2D eigenvalue weighted by Crippen LogP contribution is -2.45. The van der Waals surface area contributed by atoms with Crippen molar-refractivity contribution in [3.8, 4) is 5.69 Å². The summed E-state index contributed by atoms with van der Waals surface area (Å²) in [6.45, 7) is 3.59. The van der Waals surface area contributed by atoms with Gasteiger partial charge in [-0.3, -0.25) is 4.90 Å². The maximum absolute atomic E-state index is 9.92. The van der Waals surface area contributed by atoms with Crippen LogP contribution in [0.15, 0.2) is 36.7 Å². The highest BCUT2D eigenvalue weighted by atomic mass is 16.3. The first-order chi connectivity index (χ1) is 10.2. The molecule has 5 heteroatoms. The molecule has 0 radical (unpaired) electrons. The summed E-state index contributed by atoms with van der Waals surface area (Å²) in [6, 6.07) is 10.2. The molecule has 1 aliphatic heterocycles. The zero-order chi connectivity index (χ0) is 14.7. The summed E-state index contributed by atoms with van der Waals surface area (Å²) >= 11 is 0. The van der Waals surface area contributed by atoms with Gasteiger partial charge in [0.05, 0.1) is 18.3 Å². The summed E-state index contributed by atoms with van der Waals surface area (Å²) in [5.41, 5.74) is 1.02. The third kappa shape index (κ3) is 3.31. The second kappa shape index (κ2) is 6.37. The van der Waals surface area contributed by atoms with Crippen LogP contribution in [-0.2, 0) is 6.54 Å².